The number of unbranched alkanes of at least 4 members (excludes halogenated alkanes) is 5. The Morgan fingerprint density at radius 2 is 0.471 bits per heavy atom. The van der Waals surface area contributed by atoms with Gasteiger partial charge >= 0.3 is 0 Å². The van der Waals surface area contributed by atoms with Gasteiger partial charge in [-0.05, 0) is 35.5 Å². The predicted octanol–water partition coefficient (Wildman–Crippen LogP) is 20.5. The summed E-state index contributed by atoms with van der Waals surface area (Å²) in [7, 11) is 0. The molecule has 1 unspecified atom stereocenters. The van der Waals surface area contributed by atoms with E-state index in [0.29, 0.717) is 0 Å². The smallest absolute Gasteiger partial charge is 0.0417 e. The zero-order chi connectivity index (χ0) is 40.6. The summed E-state index contributed by atoms with van der Waals surface area (Å²) in [5.74, 6) is 5.88. The van der Waals surface area contributed by atoms with Crippen LogP contribution in [-0.2, 0) is 0 Å². The number of rotatable bonds is 27. The molecule has 51 heavy (non-hydrogen) atoms. The van der Waals surface area contributed by atoms with Gasteiger partial charge in [0.15, 0.2) is 0 Å². The quantitative estimate of drug-likeness (QED) is 0.0790. The van der Waals surface area contributed by atoms with Gasteiger partial charge in [0.2, 0.25) is 0 Å². The highest BCUT2D eigenvalue weighted by atomic mass is 14.1. The lowest BCUT2D eigenvalue weighted by atomic mass is 9.94. The molecule has 0 aliphatic heterocycles. The van der Waals surface area contributed by atoms with Crippen LogP contribution in [0.15, 0.2) is 0 Å². The molecule has 0 spiro atoms. The van der Waals surface area contributed by atoms with E-state index in [4.69, 9.17) is 0 Å². The molecule has 0 heterocycles. The molecule has 0 rings (SSSR count). The largest absolute Gasteiger partial charge is 0.0654 e. The van der Waals surface area contributed by atoms with Crippen LogP contribution >= 0.6 is 0 Å². The van der Waals surface area contributed by atoms with E-state index in [1.54, 1.807) is 0 Å². The maximum Gasteiger partial charge on any atom is -0.0417 e. The van der Waals surface area contributed by atoms with Crippen molar-refractivity contribution in [3.63, 3.8) is 0 Å². The topological polar surface area (TPSA) is 0 Å². The Hall–Kier alpha value is 0. The van der Waals surface area contributed by atoms with Crippen molar-refractivity contribution >= 4 is 0 Å². The summed E-state index contributed by atoms with van der Waals surface area (Å²) in [5, 5.41) is 0. The van der Waals surface area contributed by atoms with Crippen LogP contribution in [-0.4, -0.2) is 0 Å². The van der Waals surface area contributed by atoms with Crippen LogP contribution < -0.4 is 0 Å². The second kappa shape index (κ2) is 59.3. The molecule has 0 radical (unpaired) electrons. The molecule has 1 atom stereocenters. The molecule has 0 aromatic rings. The van der Waals surface area contributed by atoms with E-state index in [2.05, 4.69) is 125 Å². The zero-order valence-electron chi connectivity index (χ0n) is 40.6. The summed E-state index contributed by atoms with van der Waals surface area (Å²) in [6, 6.07) is 0. The van der Waals surface area contributed by atoms with Gasteiger partial charge < -0.3 is 0 Å². The molecule has 0 amide bonds. The van der Waals surface area contributed by atoms with Crippen LogP contribution in [0.5, 0.6) is 0 Å². The first-order valence-corrected chi connectivity index (χ1v) is 24.5. The normalized spacial score (nSPS) is 11.1. The summed E-state index contributed by atoms with van der Waals surface area (Å²) in [6.45, 7) is 40.9. The molecule has 0 aromatic carbocycles. The van der Waals surface area contributed by atoms with Gasteiger partial charge in [-0.2, -0.15) is 0 Å². The fourth-order valence-electron chi connectivity index (χ4n) is 6.07. The standard InChI is InChI=1S/2C11H24.C9H20.C8H18.C7H16.C5H12/c2*1-4-7-9-11(6-3)10-8-5-2;1-4-7-9(6-3)8-5-2;1-4-6-7-8(3)5-2;1-4-7(5-2)6-3;1-4-5(2)3/h2*11H,4-10H2,1-3H3;9H,4-8H2,1-3H3;8H,4-7H2,1-3H3;7H,4-6H2,1-3H3;5H,4H2,1-3H3. The monoisotopic (exact) mass is 727 g/mol. The number of hydrogen-bond donors (Lipinski definition) is 0. The minimum Gasteiger partial charge on any atom is -0.0654 e. The predicted molar refractivity (Wildman–Crippen MR) is 248 cm³/mol. The van der Waals surface area contributed by atoms with Gasteiger partial charge in [-0.15, -0.1) is 0 Å². The third-order valence-electron chi connectivity index (χ3n) is 11.3. The fraction of sp³-hybridized carbons (Fsp3) is 1.00. The second-order valence-electron chi connectivity index (χ2n) is 16.5. The molecule has 0 saturated heterocycles. The molecule has 0 nitrogen and oxygen atoms in total. The molecule has 318 valence electrons. The first kappa shape index (κ1) is 63.0. The lowest BCUT2D eigenvalue weighted by Crippen LogP contribution is -1.98. The van der Waals surface area contributed by atoms with Crippen LogP contribution in [0.4, 0.5) is 0 Å². The van der Waals surface area contributed by atoms with Crippen molar-refractivity contribution < 1.29 is 0 Å². The molecule has 0 saturated carbocycles. The molecule has 0 fully saturated rings. The van der Waals surface area contributed by atoms with Gasteiger partial charge in [-0.3, -0.25) is 0 Å². The highest BCUT2D eigenvalue weighted by molar-refractivity contribution is 4.58. The molecule has 0 N–H and O–H groups in total. The lowest BCUT2D eigenvalue weighted by Gasteiger charge is -2.12. The van der Waals surface area contributed by atoms with E-state index in [-0.39, 0.29) is 0 Å². The van der Waals surface area contributed by atoms with E-state index in [9.17, 15) is 0 Å². The highest BCUT2D eigenvalue weighted by Gasteiger charge is 2.05. The molecule has 0 aliphatic carbocycles. The summed E-state index contributed by atoms with van der Waals surface area (Å²) < 4.78 is 0. The minimum atomic E-state index is 0.884. The molecule has 0 bridgehead atoms. The first-order chi connectivity index (χ1) is 24.5. The van der Waals surface area contributed by atoms with Crippen molar-refractivity contribution in [3.8, 4) is 0 Å². The van der Waals surface area contributed by atoms with E-state index in [0.717, 1.165) is 35.5 Å². The Morgan fingerprint density at radius 1 is 0.235 bits per heavy atom. The molecular formula is C51H114. The van der Waals surface area contributed by atoms with Crippen LogP contribution in [0.25, 0.3) is 0 Å². The average Bonchev–Trinajstić information content (AvgIpc) is 3.15. The molecular weight excluding hydrogens is 613 g/mol. The lowest BCUT2D eigenvalue weighted by molar-refractivity contribution is 0.408. The van der Waals surface area contributed by atoms with E-state index in [1.807, 2.05) is 0 Å². The van der Waals surface area contributed by atoms with Crippen molar-refractivity contribution in [1.29, 1.82) is 0 Å². The highest BCUT2D eigenvalue weighted by Crippen LogP contribution is 2.20. The van der Waals surface area contributed by atoms with Gasteiger partial charge in [-0.25, -0.2) is 0 Å². The molecule has 0 heteroatoms. The molecule has 0 aromatic heterocycles. The van der Waals surface area contributed by atoms with Gasteiger partial charge in [0.1, 0.15) is 0 Å². The first-order valence-electron chi connectivity index (χ1n) is 24.5. The maximum absolute atomic E-state index is 2.33. The van der Waals surface area contributed by atoms with E-state index in [1.165, 1.54) is 173 Å². The third-order valence-corrected chi connectivity index (χ3v) is 11.3. The SMILES string of the molecule is CCC(C)C.CCC(CC)CC.CCCC(CC)CCC.CCCCC(C)CC.CCCCC(CC)CCCC.CCCCC(CC)CCCC. The summed E-state index contributed by atoms with van der Waals surface area (Å²) in [5.41, 5.74) is 0. The van der Waals surface area contributed by atoms with Crippen molar-refractivity contribution in [3.05, 3.63) is 0 Å². The summed E-state index contributed by atoms with van der Waals surface area (Å²) in [6.07, 6.45) is 37.7. The van der Waals surface area contributed by atoms with Crippen molar-refractivity contribution in [2.75, 3.05) is 0 Å². The third kappa shape index (κ3) is 65.3. The summed E-state index contributed by atoms with van der Waals surface area (Å²) >= 11 is 0. The van der Waals surface area contributed by atoms with Gasteiger partial charge in [-0.1, -0.05) is 298 Å². The van der Waals surface area contributed by atoms with Gasteiger partial charge in [0.25, 0.3) is 0 Å². The second-order valence-corrected chi connectivity index (χ2v) is 16.5. The Labute approximate surface area is 332 Å². The fourth-order valence-corrected chi connectivity index (χ4v) is 6.07. The van der Waals surface area contributed by atoms with Gasteiger partial charge in [0, 0.05) is 0 Å². The Balaban J connectivity index is -0.000000121. The Kier molecular flexibility index (Phi) is 73.2. The van der Waals surface area contributed by atoms with Crippen molar-refractivity contribution in [1.82, 2.24) is 0 Å². The Bertz CT molecular complexity index is 441. The van der Waals surface area contributed by atoms with Crippen LogP contribution in [0, 0.1) is 35.5 Å². The van der Waals surface area contributed by atoms with Crippen molar-refractivity contribution in [2.24, 2.45) is 35.5 Å². The average molecular weight is 727 g/mol. The van der Waals surface area contributed by atoms with Gasteiger partial charge in [0.05, 0.1) is 0 Å². The van der Waals surface area contributed by atoms with E-state index < -0.39 is 0 Å². The van der Waals surface area contributed by atoms with Crippen molar-refractivity contribution in [2.45, 2.75) is 298 Å². The maximum atomic E-state index is 2.33. The van der Waals surface area contributed by atoms with Crippen LogP contribution in [0.1, 0.15) is 298 Å². The zero-order valence-corrected chi connectivity index (χ0v) is 40.6. The number of hydrogen-bond acceptors (Lipinski definition) is 0. The van der Waals surface area contributed by atoms with E-state index >= 15 is 0 Å². The Morgan fingerprint density at radius 3 is 0.627 bits per heavy atom. The van der Waals surface area contributed by atoms with Crippen LogP contribution in [0.2, 0.25) is 0 Å². The molecule has 0 aliphatic rings. The summed E-state index contributed by atoms with van der Waals surface area (Å²) in [4.78, 5) is 0. The minimum absolute atomic E-state index is 0.884. The van der Waals surface area contributed by atoms with Crippen LogP contribution in [0.3, 0.4) is 0 Å².